The van der Waals surface area contributed by atoms with Crippen LogP contribution in [0.15, 0.2) is 42.5 Å². The molecular weight excluding hydrogens is 324 g/mol. The van der Waals surface area contributed by atoms with Crippen LogP contribution in [0.25, 0.3) is 0 Å². The summed E-state index contributed by atoms with van der Waals surface area (Å²) in [5.74, 6) is 0. The summed E-state index contributed by atoms with van der Waals surface area (Å²) >= 11 is 0. The molecule has 0 aliphatic carbocycles. The maximum atomic E-state index is 2.46. The quantitative estimate of drug-likeness (QED) is 0.520. The van der Waals surface area contributed by atoms with E-state index in [2.05, 4.69) is 105 Å². The largest absolute Gasteiger partial charge is 0.0588 e. The van der Waals surface area contributed by atoms with E-state index in [0.29, 0.717) is 0 Å². The number of hydrogen-bond acceptors (Lipinski definition) is 0. The summed E-state index contributed by atoms with van der Waals surface area (Å²) in [5, 5.41) is 0. The van der Waals surface area contributed by atoms with Crippen molar-refractivity contribution in [3.8, 4) is 0 Å². The summed E-state index contributed by atoms with van der Waals surface area (Å²) in [7, 11) is 0. The molecule has 0 bridgehead atoms. The first-order chi connectivity index (χ1) is 12.3. The molecule has 27 heavy (non-hydrogen) atoms. The van der Waals surface area contributed by atoms with Crippen molar-refractivity contribution in [1.29, 1.82) is 0 Å². The summed E-state index contributed by atoms with van der Waals surface area (Å²) in [6.45, 7) is 20.7. The van der Waals surface area contributed by atoms with Gasteiger partial charge < -0.3 is 0 Å². The van der Waals surface area contributed by atoms with Crippen LogP contribution in [0.3, 0.4) is 0 Å². The van der Waals surface area contributed by atoms with Gasteiger partial charge in [-0.05, 0) is 63.3 Å². The average molecular weight is 365 g/mol. The van der Waals surface area contributed by atoms with Crippen LogP contribution >= 0.6 is 0 Å². The first-order valence-corrected chi connectivity index (χ1v) is 10.5. The van der Waals surface area contributed by atoms with Crippen LogP contribution in [0.1, 0.15) is 96.6 Å². The van der Waals surface area contributed by atoms with Gasteiger partial charge in [-0.3, -0.25) is 0 Å². The monoisotopic (exact) mass is 364 g/mol. The first kappa shape index (κ1) is 21.7. The third kappa shape index (κ3) is 5.96. The topological polar surface area (TPSA) is 0 Å². The van der Waals surface area contributed by atoms with Gasteiger partial charge in [0.1, 0.15) is 0 Å². The molecular formula is C27H40. The smallest absolute Gasteiger partial charge is 0.0129 e. The predicted molar refractivity (Wildman–Crippen MR) is 121 cm³/mol. The SMILES string of the molecule is CC(C)(C)c1ccc(CCCc2cc(C(C)(C)C)ccc2C(C)(C)C)cc1. The summed E-state index contributed by atoms with van der Waals surface area (Å²) < 4.78 is 0. The fraction of sp³-hybridized carbons (Fsp3) is 0.556. The van der Waals surface area contributed by atoms with Crippen LogP contribution in [-0.2, 0) is 29.1 Å². The molecule has 0 N–H and O–H groups in total. The normalized spacial score (nSPS) is 13.1. The van der Waals surface area contributed by atoms with Crippen molar-refractivity contribution in [3.63, 3.8) is 0 Å². The minimum atomic E-state index is 0.195. The van der Waals surface area contributed by atoms with Crippen molar-refractivity contribution in [1.82, 2.24) is 0 Å². The van der Waals surface area contributed by atoms with Crippen LogP contribution in [0.4, 0.5) is 0 Å². The van der Waals surface area contributed by atoms with Crippen molar-refractivity contribution in [2.45, 2.75) is 97.8 Å². The van der Waals surface area contributed by atoms with E-state index in [9.17, 15) is 0 Å². The molecule has 0 fully saturated rings. The van der Waals surface area contributed by atoms with E-state index in [-0.39, 0.29) is 16.2 Å². The number of benzene rings is 2. The van der Waals surface area contributed by atoms with Crippen molar-refractivity contribution in [2.24, 2.45) is 0 Å². The van der Waals surface area contributed by atoms with E-state index in [1.165, 1.54) is 34.2 Å². The Morgan fingerprint density at radius 3 is 1.56 bits per heavy atom. The molecule has 0 heteroatoms. The van der Waals surface area contributed by atoms with E-state index < -0.39 is 0 Å². The van der Waals surface area contributed by atoms with Crippen LogP contribution in [0.5, 0.6) is 0 Å². The zero-order valence-electron chi connectivity index (χ0n) is 19.2. The van der Waals surface area contributed by atoms with Gasteiger partial charge in [0.15, 0.2) is 0 Å². The number of hydrogen-bond donors (Lipinski definition) is 0. The van der Waals surface area contributed by atoms with Gasteiger partial charge in [-0.15, -0.1) is 0 Å². The third-order valence-corrected chi connectivity index (χ3v) is 5.51. The minimum Gasteiger partial charge on any atom is -0.0588 e. The maximum absolute atomic E-state index is 2.46. The van der Waals surface area contributed by atoms with E-state index in [0.717, 1.165) is 12.8 Å². The van der Waals surface area contributed by atoms with Gasteiger partial charge in [0.2, 0.25) is 0 Å². The van der Waals surface area contributed by atoms with Crippen molar-refractivity contribution < 1.29 is 0 Å². The van der Waals surface area contributed by atoms with Crippen LogP contribution in [-0.4, -0.2) is 0 Å². The molecule has 0 saturated carbocycles. The van der Waals surface area contributed by atoms with Gasteiger partial charge in [0.25, 0.3) is 0 Å². The number of rotatable bonds is 4. The molecule has 2 aromatic carbocycles. The molecule has 0 aromatic heterocycles. The fourth-order valence-electron chi connectivity index (χ4n) is 3.65. The standard InChI is InChI=1S/C27H40/c1-25(2,3)22-15-13-20(14-16-22)11-10-12-21-19-23(26(4,5)6)17-18-24(21)27(7,8)9/h13-19H,10-12H2,1-9H3. The van der Waals surface area contributed by atoms with Crippen molar-refractivity contribution >= 4 is 0 Å². The van der Waals surface area contributed by atoms with Crippen LogP contribution in [0, 0.1) is 0 Å². The Labute approximate surface area is 168 Å². The molecule has 148 valence electrons. The fourth-order valence-corrected chi connectivity index (χ4v) is 3.65. The molecule has 0 aliphatic rings. The highest BCUT2D eigenvalue weighted by molar-refractivity contribution is 5.39. The van der Waals surface area contributed by atoms with Crippen LogP contribution < -0.4 is 0 Å². The lowest BCUT2D eigenvalue weighted by molar-refractivity contribution is 0.568. The molecule has 0 nitrogen and oxygen atoms in total. The molecule has 0 unspecified atom stereocenters. The molecule has 0 saturated heterocycles. The molecule has 0 amide bonds. The zero-order valence-corrected chi connectivity index (χ0v) is 19.2. The second kappa shape index (κ2) is 7.82. The molecule has 0 heterocycles. The van der Waals surface area contributed by atoms with E-state index >= 15 is 0 Å². The Morgan fingerprint density at radius 2 is 1.07 bits per heavy atom. The van der Waals surface area contributed by atoms with Crippen molar-refractivity contribution in [3.05, 3.63) is 70.3 Å². The summed E-state index contributed by atoms with van der Waals surface area (Å²) in [6, 6.07) is 16.4. The van der Waals surface area contributed by atoms with Gasteiger partial charge >= 0.3 is 0 Å². The maximum Gasteiger partial charge on any atom is -0.0129 e. The Kier molecular flexibility index (Phi) is 6.30. The second-order valence-corrected chi connectivity index (χ2v) is 11.2. The highest BCUT2D eigenvalue weighted by atomic mass is 14.3. The molecule has 0 atom stereocenters. The number of aryl methyl sites for hydroxylation is 2. The summed E-state index contributed by atoms with van der Waals surface area (Å²) in [5.41, 5.74) is 7.97. The predicted octanol–water partition coefficient (Wildman–Crippen LogP) is 7.75. The summed E-state index contributed by atoms with van der Waals surface area (Å²) in [6.07, 6.45) is 3.50. The first-order valence-electron chi connectivity index (χ1n) is 10.5. The molecule has 2 aromatic rings. The summed E-state index contributed by atoms with van der Waals surface area (Å²) in [4.78, 5) is 0. The van der Waals surface area contributed by atoms with Crippen molar-refractivity contribution in [2.75, 3.05) is 0 Å². The second-order valence-electron chi connectivity index (χ2n) is 11.2. The highest BCUT2D eigenvalue weighted by Crippen LogP contribution is 2.32. The molecule has 0 radical (unpaired) electrons. The Hall–Kier alpha value is -1.56. The van der Waals surface area contributed by atoms with Gasteiger partial charge in [0.05, 0.1) is 0 Å². The Balaban J connectivity index is 2.14. The van der Waals surface area contributed by atoms with Crippen LogP contribution in [0.2, 0.25) is 0 Å². The van der Waals surface area contributed by atoms with Gasteiger partial charge in [-0.25, -0.2) is 0 Å². The lowest BCUT2D eigenvalue weighted by atomic mass is 9.78. The average Bonchev–Trinajstić information content (AvgIpc) is 2.52. The van der Waals surface area contributed by atoms with E-state index in [1.807, 2.05) is 0 Å². The third-order valence-electron chi connectivity index (χ3n) is 5.51. The zero-order chi connectivity index (χ0) is 20.5. The molecule has 0 spiro atoms. The Bertz CT molecular complexity index is 741. The van der Waals surface area contributed by atoms with E-state index in [1.54, 1.807) is 0 Å². The van der Waals surface area contributed by atoms with E-state index in [4.69, 9.17) is 0 Å². The molecule has 0 aliphatic heterocycles. The van der Waals surface area contributed by atoms with Gasteiger partial charge in [-0.1, -0.05) is 105 Å². The highest BCUT2D eigenvalue weighted by Gasteiger charge is 2.21. The molecule has 2 rings (SSSR count). The van der Waals surface area contributed by atoms with Gasteiger partial charge in [-0.2, -0.15) is 0 Å². The van der Waals surface area contributed by atoms with Gasteiger partial charge in [0, 0.05) is 0 Å². The lowest BCUT2D eigenvalue weighted by Crippen LogP contribution is -2.17. The Morgan fingerprint density at radius 1 is 0.556 bits per heavy atom. The minimum absolute atomic E-state index is 0.195. The lowest BCUT2D eigenvalue weighted by Gasteiger charge is -2.27.